The van der Waals surface area contributed by atoms with Gasteiger partial charge in [-0.2, -0.15) is 0 Å². The van der Waals surface area contributed by atoms with Gasteiger partial charge in [-0.1, -0.05) is 0 Å². The van der Waals surface area contributed by atoms with Gasteiger partial charge in [0.25, 0.3) is 5.91 Å². The van der Waals surface area contributed by atoms with Crippen LogP contribution in [0.15, 0.2) is 22.8 Å². The van der Waals surface area contributed by atoms with E-state index >= 15 is 0 Å². The quantitative estimate of drug-likeness (QED) is 0.785. The van der Waals surface area contributed by atoms with Crippen LogP contribution in [0.4, 0.5) is 0 Å². The molecule has 0 saturated carbocycles. The molecule has 6 heteroatoms. The molecule has 6 nitrogen and oxygen atoms in total. The van der Waals surface area contributed by atoms with E-state index in [1.165, 1.54) is 17.5 Å². The average Bonchev–Trinajstić information content (AvgIpc) is 3.26. The Morgan fingerprint density at radius 2 is 1.92 bits per heavy atom. The highest BCUT2D eigenvalue weighted by molar-refractivity contribution is 5.88. The summed E-state index contributed by atoms with van der Waals surface area (Å²) in [6, 6.07) is 4.21. The maximum Gasteiger partial charge on any atom is 0.311 e. The Labute approximate surface area is 152 Å². The fourth-order valence-corrected chi connectivity index (χ4v) is 3.77. The summed E-state index contributed by atoms with van der Waals surface area (Å²) in [5.74, 6) is -0.584. The summed E-state index contributed by atoms with van der Waals surface area (Å²) in [5.41, 5.74) is 4.30. The number of nitrogens with zero attached hydrogens (tertiary/aromatic N) is 1. The number of ether oxygens (including phenoxy) is 2. The molecular formula is C20H23NO5. The Bertz CT molecular complexity index is 834. The van der Waals surface area contributed by atoms with Crippen LogP contribution in [0.2, 0.25) is 0 Å². The number of furan rings is 1. The van der Waals surface area contributed by atoms with Gasteiger partial charge in [-0.05, 0) is 49.4 Å². The zero-order valence-corrected chi connectivity index (χ0v) is 15.0. The van der Waals surface area contributed by atoms with Gasteiger partial charge < -0.3 is 18.8 Å². The lowest BCUT2D eigenvalue weighted by Gasteiger charge is -2.28. The highest BCUT2D eigenvalue weighted by Crippen LogP contribution is 2.30. The molecule has 0 bridgehead atoms. The molecular weight excluding hydrogens is 334 g/mol. The second-order valence-corrected chi connectivity index (χ2v) is 6.98. The number of carbonyl (C=O) groups excluding carboxylic acids is 2. The van der Waals surface area contributed by atoms with E-state index in [0.717, 1.165) is 29.4 Å². The summed E-state index contributed by atoms with van der Waals surface area (Å²) in [4.78, 5) is 26.4. The first-order valence-electron chi connectivity index (χ1n) is 9.19. The second-order valence-electron chi connectivity index (χ2n) is 6.98. The van der Waals surface area contributed by atoms with Gasteiger partial charge in [-0.15, -0.1) is 0 Å². The van der Waals surface area contributed by atoms with Crippen LogP contribution >= 0.6 is 0 Å². The Balaban J connectivity index is 1.41. The van der Waals surface area contributed by atoms with Gasteiger partial charge in [0.1, 0.15) is 5.58 Å². The van der Waals surface area contributed by atoms with Crippen LogP contribution < -0.4 is 0 Å². The SMILES string of the molecule is C[C@@H](OC(=O)Cc1coc2cc3c(cc12)CCC3)C(=O)N1CCOCC1. The third-order valence-electron chi connectivity index (χ3n) is 5.18. The molecule has 1 fully saturated rings. The smallest absolute Gasteiger partial charge is 0.311 e. The Morgan fingerprint density at radius 3 is 2.69 bits per heavy atom. The highest BCUT2D eigenvalue weighted by atomic mass is 16.5. The van der Waals surface area contributed by atoms with E-state index in [0.29, 0.717) is 26.3 Å². The molecule has 0 N–H and O–H groups in total. The van der Waals surface area contributed by atoms with Crippen LogP contribution in [-0.4, -0.2) is 49.2 Å². The van der Waals surface area contributed by atoms with Gasteiger partial charge in [0.05, 0.1) is 25.9 Å². The summed E-state index contributed by atoms with van der Waals surface area (Å²) in [5, 5.41) is 0.967. The number of rotatable bonds is 4. The van der Waals surface area contributed by atoms with Gasteiger partial charge in [0, 0.05) is 24.0 Å². The van der Waals surface area contributed by atoms with Crippen molar-refractivity contribution in [3.63, 3.8) is 0 Å². The number of hydrogen-bond donors (Lipinski definition) is 0. The summed E-state index contributed by atoms with van der Waals surface area (Å²) in [6.45, 7) is 3.75. The van der Waals surface area contributed by atoms with Gasteiger partial charge in [0.15, 0.2) is 6.10 Å². The van der Waals surface area contributed by atoms with E-state index in [9.17, 15) is 9.59 Å². The number of fused-ring (bicyclic) bond motifs is 2. The zero-order chi connectivity index (χ0) is 18.1. The number of amides is 1. The van der Waals surface area contributed by atoms with Crippen LogP contribution in [-0.2, 0) is 38.3 Å². The molecule has 1 aromatic heterocycles. The summed E-state index contributed by atoms with van der Waals surface area (Å²) < 4.78 is 16.2. The number of morpholine rings is 1. The molecule has 26 heavy (non-hydrogen) atoms. The molecule has 2 aliphatic rings. The maximum absolute atomic E-state index is 12.4. The van der Waals surface area contributed by atoms with Crippen LogP contribution in [0, 0.1) is 0 Å². The van der Waals surface area contributed by atoms with Gasteiger partial charge in [0.2, 0.25) is 0 Å². The van der Waals surface area contributed by atoms with Crippen LogP contribution in [0.5, 0.6) is 0 Å². The fourth-order valence-electron chi connectivity index (χ4n) is 3.77. The first-order chi connectivity index (χ1) is 12.6. The van der Waals surface area contributed by atoms with Crippen molar-refractivity contribution in [2.24, 2.45) is 0 Å². The average molecular weight is 357 g/mol. The van der Waals surface area contributed by atoms with Gasteiger partial charge >= 0.3 is 5.97 Å². The summed E-state index contributed by atoms with van der Waals surface area (Å²) in [6.07, 6.45) is 4.27. The van der Waals surface area contributed by atoms with Crippen LogP contribution in [0.3, 0.4) is 0 Å². The van der Waals surface area contributed by atoms with Crippen LogP contribution in [0.1, 0.15) is 30.0 Å². The minimum Gasteiger partial charge on any atom is -0.464 e. The molecule has 0 radical (unpaired) electrons. The lowest BCUT2D eigenvalue weighted by molar-refractivity contribution is -0.160. The van der Waals surface area contributed by atoms with E-state index in [2.05, 4.69) is 12.1 Å². The predicted octanol–water partition coefficient (Wildman–Crippen LogP) is 2.25. The van der Waals surface area contributed by atoms with E-state index in [4.69, 9.17) is 13.9 Å². The van der Waals surface area contributed by atoms with Crippen LogP contribution in [0.25, 0.3) is 11.0 Å². The third-order valence-corrected chi connectivity index (χ3v) is 5.18. The van der Waals surface area contributed by atoms with E-state index in [1.54, 1.807) is 18.1 Å². The van der Waals surface area contributed by atoms with Gasteiger partial charge in [-0.3, -0.25) is 9.59 Å². The molecule has 2 heterocycles. The number of benzene rings is 1. The van der Waals surface area contributed by atoms with Crippen molar-refractivity contribution in [3.8, 4) is 0 Å². The molecule has 0 spiro atoms. The molecule has 1 saturated heterocycles. The molecule has 0 unspecified atom stereocenters. The molecule has 1 aliphatic heterocycles. The normalized spacial score (nSPS) is 18.0. The zero-order valence-electron chi connectivity index (χ0n) is 15.0. The molecule has 4 rings (SSSR count). The maximum atomic E-state index is 12.4. The van der Waals surface area contributed by atoms with Crippen molar-refractivity contribution in [2.45, 2.75) is 38.7 Å². The molecule has 1 aromatic carbocycles. The lowest BCUT2D eigenvalue weighted by atomic mass is 10.0. The molecule has 138 valence electrons. The minimum atomic E-state index is -0.789. The van der Waals surface area contributed by atoms with Gasteiger partial charge in [-0.25, -0.2) is 0 Å². The predicted molar refractivity (Wildman–Crippen MR) is 94.9 cm³/mol. The van der Waals surface area contributed by atoms with Crippen molar-refractivity contribution in [1.82, 2.24) is 4.90 Å². The lowest BCUT2D eigenvalue weighted by Crippen LogP contribution is -2.46. The Hall–Kier alpha value is -2.34. The Kier molecular flexibility index (Phi) is 4.68. The summed E-state index contributed by atoms with van der Waals surface area (Å²) >= 11 is 0. The molecule has 1 amide bonds. The standard InChI is InChI=1S/C20H23NO5/c1-13(20(23)21-5-7-24-8-6-21)26-19(22)11-16-12-25-18-10-15-4-2-3-14(15)9-17(16)18/h9-10,12-13H,2-8,11H2,1H3/t13-/m1/s1. The first-order valence-corrected chi connectivity index (χ1v) is 9.19. The number of esters is 1. The number of aryl methyl sites for hydroxylation is 2. The second kappa shape index (κ2) is 7.11. The molecule has 1 aliphatic carbocycles. The highest BCUT2D eigenvalue weighted by Gasteiger charge is 2.26. The minimum absolute atomic E-state index is 0.104. The third kappa shape index (κ3) is 3.33. The fraction of sp³-hybridized carbons (Fsp3) is 0.500. The number of carbonyl (C=O) groups is 2. The Morgan fingerprint density at radius 1 is 1.19 bits per heavy atom. The van der Waals surface area contributed by atoms with Crippen molar-refractivity contribution < 1.29 is 23.5 Å². The van der Waals surface area contributed by atoms with Crippen molar-refractivity contribution in [1.29, 1.82) is 0 Å². The van der Waals surface area contributed by atoms with Crippen molar-refractivity contribution >= 4 is 22.8 Å². The van der Waals surface area contributed by atoms with E-state index in [-0.39, 0.29) is 12.3 Å². The molecule has 1 atom stereocenters. The first kappa shape index (κ1) is 17.1. The number of hydrogen-bond acceptors (Lipinski definition) is 5. The topological polar surface area (TPSA) is 69.0 Å². The van der Waals surface area contributed by atoms with Crippen molar-refractivity contribution in [3.05, 3.63) is 35.1 Å². The van der Waals surface area contributed by atoms with Crippen molar-refractivity contribution in [2.75, 3.05) is 26.3 Å². The van der Waals surface area contributed by atoms with E-state index in [1.807, 2.05) is 0 Å². The monoisotopic (exact) mass is 357 g/mol. The summed E-state index contributed by atoms with van der Waals surface area (Å²) in [7, 11) is 0. The largest absolute Gasteiger partial charge is 0.464 e. The molecule has 2 aromatic rings. The van der Waals surface area contributed by atoms with E-state index < -0.39 is 12.1 Å².